The minimum absolute atomic E-state index is 0.152. The standard InChI is InChI=1S/C28H30ClN5O2/c1-3-25-26(34-14-4-5-24(29)27(34)31-25)28(35)30-19-20-6-8-21(9-7-20)32-15-17-33(18-16-32)22-10-12-23(36-2)13-11-22/h4-14H,3,15-19H2,1-2H3,(H,30,35). The summed E-state index contributed by atoms with van der Waals surface area (Å²) in [7, 11) is 1.69. The first kappa shape index (κ1) is 24.0. The number of halogens is 1. The number of amides is 1. The number of piperazine rings is 1. The van der Waals surface area contributed by atoms with E-state index in [-0.39, 0.29) is 5.91 Å². The molecule has 0 atom stereocenters. The number of methoxy groups -OCH3 is 1. The predicted octanol–water partition coefficient (Wildman–Crippen LogP) is 4.82. The maximum Gasteiger partial charge on any atom is 0.270 e. The fourth-order valence-electron chi connectivity index (χ4n) is 4.67. The molecule has 1 fully saturated rings. The van der Waals surface area contributed by atoms with Crippen molar-refractivity contribution < 1.29 is 9.53 Å². The van der Waals surface area contributed by atoms with Crippen molar-refractivity contribution in [1.29, 1.82) is 0 Å². The minimum Gasteiger partial charge on any atom is -0.497 e. The van der Waals surface area contributed by atoms with Gasteiger partial charge in [-0.2, -0.15) is 0 Å². The van der Waals surface area contributed by atoms with E-state index in [1.54, 1.807) is 17.6 Å². The molecule has 36 heavy (non-hydrogen) atoms. The molecule has 7 nitrogen and oxygen atoms in total. The Labute approximate surface area is 216 Å². The number of nitrogens with zero attached hydrogens (tertiary/aromatic N) is 4. The smallest absolute Gasteiger partial charge is 0.270 e. The predicted molar refractivity (Wildman–Crippen MR) is 145 cm³/mol. The topological polar surface area (TPSA) is 62.1 Å². The van der Waals surface area contributed by atoms with E-state index in [0.717, 1.165) is 43.2 Å². The van der Waals surface area contributed by atoms with Gasteiger partial charge in [-0.3, -0.25) is 9.20 Å². The third kappa shape index (κ3) is 4.84. The highest BCUT2D eigenvalue weighted by molar-refractivity contribution is 6.33. The molecule has 8 heteroatoms. The van der Waals surface area contributed by atoms with Crippen molar-refractivity contribution in [2.45, 2.75) is 19.9 Å². The van der Waals surface area contributed by atoms with Crippen molar-refractivity contribution in [3.8, 4) is 5.75 Å². The van der Waals surface area contributed by atoms with E-state index in [4.69, 9.17) is 16.3 Å². The highest BCUT2D eigenvalue weighted by Gasteiger charge is 2.20. The van der Waals surface area contributed by atoms with E-state index < -0.39 is 0 Å². The van der Waals surface area contributed by atoms with Crippen LogP contribution in [-0.4, -0.2) is 48.6 Å². The fraction of sp³-hybridized carbons (Fsp3) is 0.286. The first-order chi connectivity index (χ1) is 17.6. The van der Waals surface area contributed by atoms with Crippen LogP contribution < -0.4 is 19.9 Å². The Morgan fingerprint density at radius 2 is 1.58 bits per heavy atom. The molecule has 3 heterocycles. The zero-order valence-electron chi connectivity index (χ0n) is 20.6. The molecule has 0 radical (unpaired) electrons. The lowest BCUT2D eigenvalue weighted by Crippen LogP contribution is -2.46. The molecule has 1 amide bonds. The second-order valence-corrected chi connectivity index (χ2v) is 9.24. The summed E-state index contributed by atoms with van der Waals surface area (Å²) >= 11 is 6.28. The van der Waals surface area contributed by atoms with Gasteiger partial charge in [0.15, 0.2) is 5.65 Å². The zero-order chi connectivity index (χ0) is 25.1. The molecule has 0 bridgehead atoms. The Morgan fingerprint density at radius 1 is 0.972 bits per heavy atom. The lowest BCUT2D eigenvalue weighted by atomic mass is 10.1. The van der Waals surface area contributed by atoms with Crippen molar-refractivity contribution in [3.05, 3.63) is 88.8 Å². The highest BCUT2D eigenvalue weighted by Crippen LogP contribution is 2.24. The molecule has 4 aromatic rings. The number of hydrogen-bond acceptors (Lipinski definition) is 5. The monoisotopic (exact) mass is 503 g/mol. The fourth-order valence-corrected chi connectivity index (χ4v) is 4.88. The van der Waals surface area contributed by atoms with Gasteiger partial charge >= 0.3 is 0 Å². The van der Waals surface area contributed by atoms with Crippen LogP contribution >= 0.6 is 11.6 Å². The molecular formula is C28H30ClN5O2. The number of hydrogen-bond donors (Lipinski definition) is 1. The van der Waals surface area contributed by atoms with Gasteiger partial charge in [0.1, 0.15) is 11.4 Å². The molecule has 1 N–H and O–H groups in total. The van der Waals surface area contributed by atoms with E-state index in [2.05, 4.69) is 56.5 Å². The Bertz CT molecular complexity index is 1340. The molecule has 0 saturated carbocycles. The highest BCUT2D eigenvalue weighted by atomic mass is 35.5. The molecule has 1 aliphatic heterocycles. The lowest BCUT2D eigenvalue weighted by molar-refractivity contribution is 0.0944. The minimum atomic E-state index is -0.152. The van der Waals surface area contributed by atoms with Crippen molar-refractivity contribution in [2.24, 2.45) is 0 Å². The number of benzene rings is 2. The molecule has 0 aliphatic carbocycles. The summed E-state index contributed by atoms with van der Waals surface area (Å²) in [5.74, 6) is 0.725. The number of rotatable bonds is 7. The van der Waals surface area contributed by atoms with Crippen molar-refractivity contribution in [1.82, 2.24) is 14.7 Å². The molecule has 1 saturated heterocycles. The lowest BCUT2D eigenvalue weighted by Gasteiger charge is -2.37. The molecule has 2 aromatic heterocycles. The van der Waals surface area contributed by atoms with Crippen molar-refractivity contribution in [2.75, 3.05) is 43.1 Å². The van der Waals surface area contributed by atoms with Gasteiger partial charge < -0.3 is 19.9 Å². The molecule has 2 aromatic carbocycles. The number of pyridine rings is 1. The Morgan fingerprint density at radius 3 is 2.17 bits per heavy atom. The van der Waals surface area contributed by atoms with Gasteiger partial charge in [-0.15, -0.1) is 0 Å². The van der Waals surface area contributed by atoms with Crippen LogP contribution in [0.25, 0.3) is 5.65 Å². The number of fused-ring (bicyclic) bond motifs is 1. The van der Waals surface area contributed by atoms with E-state index in [1.807, 2.05) is 31.3 Å². The summed E-state index contributed by atoms with van der Waals surface area (Å²) in [5.41, 5.74) is 5.36. The normalized spacial score (nSPS) is 13.8. The number of imidazole rings is 1. The number of carbonyl (C=O) groups excluding carboxylic acids is 1. The van der Waals surface area contributed by atoms with Crippen LogP contribution in [0.15, 0.2) is 66.9 Å². The second-order valence-electron chi connectivity index (χ2n) is 8.83. The zero-order valence-corrected chi connectivity index (χ0v) is 21.3. The van der Waals surface area contributed by atoms with Gasteiger partial charge in [0.05, 0.1) is 17.8 Å². The average Bonchev–Trinajstić information content (AvgIpc) is 3.32. The van der Waals surface area contributed by atoms with Crippen LogP contribution in [0.1, 0.15) is 28.7 Å². The quantitative estimate of drug-likeness (QED) is 0.392. The molecular weight excluding hydrogens is 474 g/mol. The maximum atomic E-state index is 13.0. The number of anilines is 2. The van der Waals surface area contributed by atoms with Gasteiger partial charge in [0.2, 0.25) is 0 Å². The molecule has 5 rings (SSSR count). The summed E-state index contributed by atoms with van der Waals surface area (Å²) in [4.78, 5) is 22.4. The number of carbonyl (C=O) groups is 1. The first-order valence-electron chi connectivity index (χ1n) is 12.2. The summed E-state index contributed by atoms with van der Waals surface area (Å²) in [6.07, 6.45) is 2.48. The van der Waals surface area contributed by atoms with Gasteiger partial charge in [0.25, 0.3) is 5.91 Å². The van der Waals surface area contributed by atoms with Crippen molar-refractivity contribution >= 4 is 34.5 Å². The molecule has 1 aliphatic rings. The Kier molecular flexibility index (Phi) is 7.00. The largest absolute Gasteiger partial charge is 0.497 e. The van der Waals surface area contributed by atoms with E-state index in [1.165, 1.54) is 11.4 Å². The van der Waals surface area contributed by atoms with Crippen LogP contribution in [0, 0.1) is 0 Å². The summed E-state index contributed by atoms with van der Waals surface area (Å²) in [6.45, 7) is 6.28. The average molecular weight is 504 g/mol. The number of nitrogens with one attached hydrogen (secondary N) is 1. The van der Waals surface area contributed by atoms with Gasteiger partial charge in [-0.05, 0) is 60.5 Å². The van der Waals surface area contributed by atoms with Crippen LogP contribution in [-0.2, 0) is 13.0 Å². The Balaban J connectivity index is 1.19. The molecule has 0 spiro atoms. The molecule has 186 valence electrons. The number of aryl methyl sites for hydroxylation is 1. The third-order valence-electron chi connectivity index (χ3n) is 6.70. The van der Waals surface area contributed by atoms with E-state index in [0.29, 0.717) is 29.3 Å². The summed E-state index contributed by atoms with van der Waals surface area (Å²) in [6, 6.07) is 20.3. The number of aromatic nitrogens is 2. The second kappa shape index (κ2) is 10.5. The first-order valence-corrected chi connectivity index (χ1v) is 12.6. The van der Waals surface area contributed by atoms with Gasteiger partial charge in [-0.1, -0.05) is 30.7 Å². The SMILES string of the molecule is CCc1nc2c(Cl)cccn2c1C(=O)NCc1ccc(N2CCN(c3ccc(OC)cc3)CC2)cc1. The third-order valence-corrected chi connectivity index (χ3v) is 6.99. The van der Waals surface area contributed by atoms with Crippen LogP contribution in [0.2, 0.25) is 5.02 Å². The molecule has 0 unspecified atom stereocenters. The maximum absolute atomic E-state index is 13.0. The van der Waals surface area contributed by atoms with Crippen LogP contribution in [0.4, 0.5) is 11.4 Å². The van der Waals surface area contributed by atoms with E-state index in [9.17, 15) is 4.79 Å². The van der Waals surface area contributed by atoms with Gasteiger partial charge in [0, 0.05) is 50.3 Å². The number of ether oxygens (including phenoxy) is 1. The van der Waals surface area contributed by atoms with Crippen molar-refractivity contribution in [3.63, 3.8) is 0 Å². The van der Waals surface area contributed by atoms with Crippen LogP contribution in [0.5, 0.6) is 5.75 Å². The van der Waals surface area contributed by atoms with E-state index >= 15 is 0 Å². The Hall–Kier alpha value is -3.71. The van der Waals surface area contributed by atoms with Gasteiger partial charge in [-0.25, -0.2) is 4.98 Å². The summed E-state index contributed by atoms with van der Waals surface area (Å²) < 4.78 is 7.03. The van der Waals surface area contributed by atoms with Crippen LogP contribution in [0.3, 0.4) is 0 Å². The summed E-state index contributed by atoms with van der Waals surface area (Å²) in [5, 5.41) is 3.58.